The quantitative estimate of drug-likeness (QED) is 0.783. The van der Waals surface area contributed by atoms with E-state index in [0.29, 0.717) is 13.1 Å². The van der Waals surface area contributed by atoms with Gasteiger partial charge < -0.3 is 4.90 Å². The SMILES string of the molecule is C[C@@H]1Cc2ccccc2N1C(=O)c1cc(S(=O)(=O)N2CCCC2)ccc1Cl. The van der Waals surface area contributed by atoms with Crippen molar-refractivity contribution in [3.05, 3.63) is 58.6 Å². The van der Waals surface area contributed by atoms with Gasteiger partial charge in [-0.3, -0.25) is 4.79 Å². The van der Waals surface area contributed by atoms with Crippen LogP contribution >= 0.6 is 11.6 Å². The number of hydrogen-bond acceptors (Lipinski definition) is 3. The summed E-state index contributed by atoms with van der Waals surface area (Å²) >= 11 is 6.30. The van der Waals surface area contributed by atoms with Crippen molar-refractivity contribution in [2.45, 2.75) is 37.1 Å². The number of hydrogen-bond donors (Lipinski definition) is 0. The van der Waals surface area contributed by atoms with E-state index in [9.17, 15) is 13.2 Å². The predicted molar refractivity (Wildman–Crippen MR) is 106 cm³/mol. The number of nitrogens with zero attached hydrogens (tertiary/aromatic N) is 2. The summed E-state index contributed by atoms with van der Waals surface area (Å²) < 4.78 is 27.2. The smallest absolute Gasteiger partial charge is 0.260 e. The molecule has 0 N–H and O–H groups in total. The number of fused-ring (bicyclic) bond motifs is 1. The van der Waals surface area contributed by atoms with Gasteiger partial charge in [-0.1, -0.05) is 29.8 Å². The van der Waals surface area contributed by atoms with Crippen molar-refractivity contribution in [2.75, 3.05) is 18.0 Å². The lowest BCUT2D eigenvalue weighted by Crippen LogP contribution is -2.36. The Morgan fingerprint density at radius 3 is 2.56 bits per heavy atom. The van der Waals surface area contributed by atoms with Crippen LogP contribution in [0.2, 0.25) is 5.02 Å². The van der Waals surface area contributed by atoms with Crippen LogP contribution in [-0.4, -0.2) is 37.8 Å². The Morgan fingerprint density at radius 2 is 1.81 bits per heavy atom. The van der Waals surface area contributed by atoms with Crippen molar-refractivity contribution >= 4 is 33.2 Å². The zero-order valence-electron chi connectivity index (χ0n) is 15.1. The molecule has 7 heteroatoms. The number of amides is 1. The van der Waals surface area contributed by atoms with Crippen molar-refractivity contribution in [1.82, 2.24) is 4.31 Å². The predicted octanol–water partition coefficient (Wildman–Crippen LogP) is 3.72. The summed E-state index contributed by atoms with van der Waals surface area (Å²) in [5, 5.41) is 0.261. The summed E-state index contributed by atoms with van der Waals surface area (Å²) in [6.45, 7) is 3.02. The molecule has 1 saturated heterocycles. The number of para-hydroxylation sites is 1. The third-order valence-corrected chi connectivity index (χ3v) is 7.52. The zero-order chi connectivity index (χ0) is 19.2. The highest BCUT2D eigenvalue weighted by Crippen LogP contribution is 2.35. The number of carbonyl (C=O) groups is 1. The molecule has 27 heavy (non-hydrogen) atoms. The number of rotatable bonds is 3. The van der Waals surface area contributed by atoms with Crippen LogP contribution in [0.5, 0.6) is 0 Å². The van der Waals surface area contributed by atoms with E-state index in [1.165, 1.54) is 22.5 Å². The first-order valence-electron chi connectivity index (χ1n) is 9.11. The topological polar surface area (TPSA) is 57.7 Å². The van der Waals surface area contributed by atoms with Crippen LogP contribution in [0.4, 0.5) is 5.69 Å². The summed E-state index contributed by atoms with van der Waals surface area (Å²) in [7, 11) is -3.61. The molecule has 0 aliphatic carbocycles. The van der Waals surface area contributed by atoms with E-state index < -0.39 is 10.0 Å². The summed E-state index contributed by atoms with van der Waals surface area (Å²) in [4.78, 5) is 15.1. The second-order valence-corrected chi connectivity index (χ2v) is 9.45. The van der Waals surface area contributed by atoms with E-state index in [1.54, 1.807) is 4.90 Å². The highest BCUT2D eigenvalue weighted by Gasteiger charge is 2.33. The van der Waals surface area contributed by atoms with Crippen molar-refractivity contribution in [3.63, 3.8) is 0 Å². The van der Waals surface area contributed by atoms with E-state index in [0.717, 1.165) is 30.5 Å². The highest BCUT2D eigenvalue weighted by molar-refractivity contribution is 7.89. The molecular weight excluding hydrogens is 384 g/mol. The van der Waals surface area contributed by atoms with Crippen LogP contribution in [0, 0.1) is 0 Å². The van der Waals surface area contributed by atoms with E-state index in [-0.39, 0.29) is 27.4 Å². The molecule has 5 nitrogen and oxygen atoms in total. The third kappa shape index (κ3) is 3.16. The summed E-state index contributed by atoms with van der Waals surface area (Å²) in [5.74, 6) is -0.268. The fourth-order valence-corrected chi connectivity index (χ4v) is 5.65. The molecule has 1 fully saturated rings. The first kappa shape index (κ1) is 18.5. The lowest BCUT2D eigenvalue weighted by atomic mass is 10.1. The molecule has 4 rings (SSSR count). The fourth-order valence-electron chi connectivity index (χ4n) is 3.91. The summed E-state index contributed by atoms with van der Waals surface area (Å²) in [6, 6.07) is 12.2. The Kier molecular flexibility index (Phi) is 4.74. The first-order valence-corrected chi connectivity index (χ1v) is 10.9. The van der Waals surface area contributed by atoms with E-state index in [1.807, 2.05) is 31.2 Å². The molecule has 0 saturated carbocycles. The van der Waals surface area contributed by atoms with Gasteiger partial charge in [0, 0.05) is 24.8 Å². The van der Waals surface area contributed by atoms with Gasteiger partial charge >= 0.3 is 0 Å². The molecule has 0 aromatic heterocycles. The van der Waals surface area contributed by atoms with Gasteiger partial charge in [-0.2, -0.15) is 4.31 Å². The molecule has 0 radical (unpaired) electrons. The van der Waals surface area contributed by atoms with Gasteiger partial charge in [0.15, 0.2) is 0 Å². The number of benzene rings is 2. The van der Waals surface area contributed by atoms with Crippen molar-refractivity contribution in [1.29, 1.82) is 0 Å². The van der Waals surface area contributed by atoms with Crippen molar-refractivity contribution in [2.24, 2.45) is 0 Å². The molecule has 0 unspecified atom stereocenters. The van der Waals surface area contributed by atoms with Crippen LogP contribution < -0.4 is 4.90 Å². The standard InChI is InChI=1S/C20H21ClN2O3S/c1-14-12-15-6-2-3-7-19(15)23(14)20(24)17-13-16(8-9-18(17)21)27(25,26)22-10-4-5-11-22/h2-3,6-9,13-14H,4-5,10-12H2,1H3/t14-/m1/s1. The molecule has 2 aliphatic rings. The molecule has 0 spiro atoms. The first-order chi connectivity index (χ1) is 12.9. The van der Waals surface area contributed by atoms with Gasteiger partial charge in [0.25, 0.3) is 5.91 Å². The van der Waals surface area contributed by atoms with Crippen molar-refractivity contribution in [3.8, 4) is 0 Å². The molecule has 2 aromatic rings. The fraction of sp³-hybridized carbons (Fsp3) is 0.350. The lowest BCUT2D eigenvalue weighted by Gasteiger charge is -2.24. The molecule has 2 heterocycles. The minimum Gasteiger partial charge on any atom is -0.305 e. The second kappa shape index (κ2) is 6.93. The number of anilines is 1. The van der Waals surface area contributed by atoms with Crippen LogP contribution in [0.25, 0.3) is 0 Å². The van der Waals surface area contributed by atoms with Crippen LogP contribution in [-0.2, 0) is 16.4 Å². The molecule has 2 aliphatic heterocycles. The Morgan fingerprint density at radius 1 is 1.11 bits per heavy atom. The minimum absolute atomic E-state index is 0.00943. The van der Waals surface area contributed by atoms with Crippen LogP contribution in [0.15, 0.2) is 47.4 Å². The lowest BCUT2D eigenvalue weighted by molar-refractivity contribution is 0.0981. The van der Waals surface area contributed by atoms with E-state index >= 15 is 0 Å². The number of carbonyl (C=O) groups excluding carboxylic acids is 1. The van der Waals surface area contributed by atoms with Gasteiger partial charge in [-0.25, -0.2) is 8.42 Å². The number of sulfonamides is 1. The Hall–Kier alpha value is -1.89. The second-order valence-electron chi connectivity index (χ2n) is 7.11. The van der Waals surface area contributed by atoms with Crippen molar-refractivity contribution < 1.29 is 13.2 Å². The van der Waals surface area contributed by atoms with Crippen LogP contribution in [0.1, 0.15) is 35.7 Å². The molecule has 2 aromatic carbocycles. The number of halogens is 1. The maximum absolute atomic E-state index is 13.3. The van der Waals surface area contributed by atoms with Gasteiger partial charge in [-0.05, 0) is 56.0 Å². The summed E-state index contributed by atoms with van der Waals surface area (Å²) in [5.41, 5.74) is 2.19. The highest BCUT2D eigenvalue weighted by atomic mass is 35.5. The molecule has 1 atom stereocenters. The molecule has 1 amide bonds. The third-order valence-electron chi connectivity index (χ3n) is 5.30. The van der Waals surface area contributed by atoms with Gasteiger partial charge in [0.2, 0.25) is 10.0 Å². The largest absolute Gasteiger partial charge is 0.305 e. The Balaban J connectivity index is 1.73. The molecule has 142 valence electrons. The average Bonchev–Trinajstić information content (AvgIpc) is 3.29. The van der Waals surface area contributed by atoms with E-state index in [2.05, 4.69) is 0 Å². The zero-order valence-corrected chi connectivity index (χ0v) is 16.6. The van der Waals surface area contributed by atoms with Crippen LogP contribution in [0.3, 0.4) is 0 Å². The van der Waals surface area contributed by atoms with Gasteiger partial charge in [-0.15, -0.1) is 0 Å². The Bertz CT molecular complexity index is 1000. The van der Waals surface area contributed by atoms with Gasteiger partial charge in [0.1, 0.15) is 0 Å². The molecule has 0 bridgehead atoms. The maximum atomic E-state index is 13.3. The monoisotopic (exact) mass is 404 g/mol. The minimum atomic E-state index is -3.61. The average molecular weight is 405 g/mol. The molecular formula is C20H21ClN2O3S. The summed E-state index contributed by atoms with van der Waals surface area (Å²) in [6.07, 6.45) is 2.49. The Labute approximate surface area is 164 Å². The maximum Gasteiger partial charge on any atom is 0.260 e. The van der Waals surface area contributed by atoms with E-state index in [4.69, 9.17) is 11.6 Å². The normalized spacial score (nSPS) is 20.1. The van der Waals surface area contributed by atoms with Gasteiger partial charge in [0.05, 0.1) is 15.5 Å².